The highest BCUT2D eigenvalue weighted by atomic mass is 19.4. The van der Waals surface area contributed by atoms with Gasteiger partial charge in [-0.15, -0.1) is 0 Å². The van der Waals surface area contributed by atoms with E-state index in [1.54, 1.807) is 5.10 Å². The Labute approximate surface area is 211 Å². The van der Waals surface area contributed by atoms with Crippen LogP contribution in [0.4, 0.5) is 42.8 Å². The van der Waals surface area contributed by atoms with Gasteiger partial charge in [-0.05, 0) is 6.92 Å². The highest BCUT2D eigenvalue weighted by Crippen LogP contribution is 2.32. The Morgan fingerprint density at radius 3 is 2.47 bits per heavy atom. The Morgan fingerprint density at radius 1 is 1.18 bits per heavy atom. The molecule has 4 N–H and O–H groups in total. The normalized spacial score (nSPS) is 17.5. The molecule has 0 spiro atoms. The number of piperazine rings is 1. The fraction of sp³-hybridized carbons (Fsp3) is 0.476. The number of anilines is 2. The van der Waals surface area contributed by atoms with Gasteiger partial charge in [0.15, 0.2) is 0 Å². The summed E-state index contributed by atoms with van der Waals surface area (Å²) in [6.07, 6.45) is -4.34. The molecule has 2 amide bonds. The van der Waals surface area contributed by atoms with Crippen LogP contribution in [0.3, 0.4) is 0 Å². The van der Waals surface area contributed by atoms with Crippen LogP contribution in [0.1, 0.15) is 18.1 Å². The van der Waals surface area contributed by atoms with Gasteiger partial charge < -0.3 is 25.5 Å². The second-order valence-electron chi connectivity index (χ2n) is 8.28. The van der Waals surface area contributed by atoms with E-state index in [0.717, 1.165) is 6.20 Å². The maximum atomic E-state index is 13.1. The van der Waals surface area contributed by atoms with E-state index in [9.17, 15) is 41.0 Å². The summed E-state index contributed by atoms with van der Waals surface area (Å²) in [4.78, 5) is 34.4. The molecule has 1 saturated heterocycles. The first-order valence-electron chi connectivity index (χ1n) is 11.2. The number of H-pyrrole nitrogens is 1. The molecule has 3 rings (SSSR count). The van der Waals surface area contributed by atoms with Crippen LogP contribution in [0.15, 0.2) is 35.5 Å². The first-order chi connectivity index (χ1) is 17.8. The van der Waals surface area contributed by atoms with Gasteiger partial charge in [0.2, 0.25) is 5.95 Å². The number of hydrogen-bond acceptors (Lipinski definition) is 8. The van der Waals surface area contributed by atoms with E-state index < -0.39 is 59.4 Å². The zero-order valence-electron chi connectivity index (χ0n) is 19.8. The van der Waals surface area contributed by atoms with Crippen LogP contribution in [0.25, 0.3) is 0 Å². The van der Waals surface area contributed by atoms with Crippen molar-refractivity contribution in [3.8, 4) is 0 Å². The van der Waals surface area contributed by atoms with Crippen molar-refractivity contribution in [1.29, 1.82) is 0 Å². The lowest BCUT2D eigenvalue weighted by atomic mass is 10.2. The number of urea groups is 1. The summed E-state index contributed by atoms with van der Waals surface area (Å²) in [5.41, 5.74) is -4.28. The minimum Gasteiger partial charge on any atom is -0.394 e. The Hall–Kier alpha value is -3.89. The number of aromatic nitrogens is 4. The summed E-state index contributed by atoms with van der Waals surface area (Å²) in [7, 11) is 0. The quantitative estimate of drug-likeness (QED) is 0.303. The minimum absolute atomic E-state index is 0.00850. The molecule has 1 aliphatic rings. The third-order valence-electron chi connectivity index (χ3n) is 5.52. The van der Waals surface area contributed by atoms with E-state index in [1.807, 2.05) is 0 Å². The standard InChI is InChI=1S/C21H24F6N8O3/c1-12(32-15-9-31-33-17(37)16(15)21(25,26)27)3-2-4-28-19(38)34-5-6-35(14(10-34)11-36)18-29-7-13(8-30-18)20(22,23)24/h2-3,7-9,12,14,36H,4-6,10-11H2,1H3,(H,28,38)(H2,32,33,37)/b3-2+/t12-,14?/m0/s1. The minimum atomic E-state index is -4.88. The average molecular weight is 550 g/mol. The van der Waals surface area contributed by atoms with Gasteiger partial charge >= 0.3 is 18.4 Å². The number of amides is 2. The van der Waals surface area contributed by atoms with E-state index in [1.165, 1.54) is 28.9 Å². The van der Waals surface area contributed by atoms with Crippen molar-refractivity contribution in [1.82, 2.24) is 30.4 Å². The molecular formula is C21H24F6N8O3. The van der Waals surface area contributed by atoms with Crippen molar-refractivity contribution in [2.75, 3.05) is 43.0 Å². The van der Waals surface area contributed by atoms with E-state index in [2.05, 4.69) is 25.7 Å². The lowest BCUT2D eigenvalue weighted by molar-refractivity contribution is -0.139. The maximum absolute atomic E-state index is 13.1. The van der Waals surface area contributed by atoms with Gasteiger partial charge in [-0.2, -0.15) is 31.4 Å². The molecule has 0 aromatic carbocycles. The van der Waals surface area contributed by atoms with Gasteiger partial charge in [0.1, 0.15) is 5.56 Å². The number of nitrogens with zero attached hydrogens (tertiary/aromatic N) is 5. The Bertz CT molecular complexity index is 1190. The number of aliphatic hydroxyl groups excluding tert-OH is 1. The number of rotatable bonds is 7. The van der Waals surface area contributed by atoms with Crippen LogP contribution in [-0.4, -0.2) is 81.1 Å². The number of halogens is 6. The van der Waals surface area contributed by atoms with Crippen LogP contribution in [0.5, 0.6) is 0 Å². The highest BCUT2D eigenvalue weighted by molar-refractivity contribution is 5.74. The first-order valence-corrected chi connectivity index (χ1v) is 11.2. The van der Waals surface area contributed by atoms with Crippen LogP contribution in [-0.2, 0) is 12.4 Å². The number of hydrogen-bond donors (Lipinski definition) is 4. The monoisotopic (exact) mass is 550 g/mol. The Morgan fingerprint density at radius 2 is 1.87 bits per heavy atom. The summed E-state index contributed by atoms with van der Waals surface area (Å²) >= 11 is 0. The summed E-state index contributed by atoms with van der Waals surface area (Å²) in [5, 5.41) is 20.0. The molecule has 2 atom stereocenters. The van der Waals surface area contributed by atoms with Gasteiger partial charge in [0, 0.05) is 44.6 Å². The van der Waals surface area contributed by atoms with Crippen molar-refractivity contribution >= 4 is 17.7 Å². The fourth-order valence-electron chi connectivity index (χ4n) is 3.69. The van der Waals surface area contributed by atoms with Crippen molar-refractivity contribution < 1.29 is 36.2 Å². The second kappa shape index (κ2) is 11.7. The van der Waals surface area contributed by atoms with Crippen LogP contribution in [0, 0.1) is 0 Å². The molecule has 208 valence electrons. The molecule has 1 unspecified atom stereocenters. The molecular weight excluding hydrogens is 526 g/mol. The zero-order chi connectivity index (χ0) is 28.1. The summed E-state index contributed by atoms with van der Waals surface area (Å²) in [6.45, 7) is 1.53. The molecule has 0 saturated carbocycles. The predicted octanol–water partition coefficient (Wildman–Crippen LogP) is 1.85. The van der Waals surface area contributed by atoms with Crippen LogP contribution in [0.2, 0.25) is 0 Å². The SMILES string of the molecule is C[C@@H](/C=C/CNC(=O)N1CCN(c2ncc(C(F)(F)F)cn2)C(CO)C1)Nc1cn[nH]c(=O)c1C(F)(F)F. The number of alkyl halides is 6. The third-order valence-corrected chi connectivity index (χ3v) is 5.52. The lowest BCUT2D eigenvalue weighted by Gasteiger charge is -2.40. The second-order valence-corrected chi connectivity index (χ2v) is 8.28. The highest BCUT2D eigenvalue weighted by Gasteiger charge is 2.37. The van der Waals surface area contributed by atoms with Crippen molar-refractivity contribution in [2.45, 2.75) is 31.4 Å². The molecule has 17 heteroatoms. The molecule has 0 bridgehead atoms. The van der Waals surface area contributed by atoms with Gasteiger partial charge in [-0.25, -0.2) is 19.9 Å². The third kappa shape index (κ3) is 7.11. The molecule has 1 aliphatic heterocycles. The molecule has 0 aliphatic carbocycles. The van der Waals surface area contributed by atoms with E-state index in [-0.39, 0.29) is 32.1 Å². The smallest absolute Gasteiger partial charge is 0.394 e. The first kappa shape index (κ1) is 28.7. The average Bonchev–Trinajstić information content (AvgIpc) is 2.85. The van der Waals surface area contributed by atoms with E-state index in [0.29, 0.717) is 12.4 Å². The van der Waals surface area contributed by atoms with Crippen molar-refractivity contribution in [2.24, 2.45) is 0 Å². The summed E-state index contributed by atoms with van der Waals surface area (Å²) in [5.74, 6) is -0.00850. The largest absolute Gasteiger partial charge is 0.423 e. The van der Waals surface area contributed by atoms with E-state index in [4.69, 9.17) is 0 Å². The number of aliphatic hydroxyl groups is 1. The molecule has 3 heterocycles. The van der Waals surface area contributed by atoms with Gasteiger partial charge in [0.05, 0.1) is 30.1 Å². The molecule has 1 fully saturated rings. The number of nitrogens with one attached hydrogen (secondary N) is 3. The summed E-state index contributed by atoms with van der Waals surface area (Å²) in [6, 6.07) is -1.79. The number of aromatic amines is 1. The molecule has 2 aromatic rings. The lowest BCUT2D eigenvalue weighted by Crippen LogP contribution is -2.58. The molecule has 38 heavy (non-hydrogen) atoms. The predicted molar refractivity (Wildman–Crippen MR) is 122 cm³/mol. The maximum Gasteiger partial charge on any atom is 0.423 e. The number of carbonyl (C=O) groups excluding carboxylic acids is 1. The Kier molecular flexibility index (Phi) is 8.80. The molecule has 2 aromatic heterocycles. The van der Waals surface area contributed by atoms with Crippen LogP contribution < -0.4 is 21.1 Å². The van der Waals surface area contributed by atoms with Crippen molar-refractivity contribution in [3.05, 3.63) is 52.2 Å². The zero-order valence-corrected chi connectivity index (χ0v) is 19.8. The molecule has 11 nitrogen and oxygen atoms in total. The van der Waals surface area contributed by atoms with Crippen molar-refractivity contribution in [3.63, 3.8) is 0 Å². The molecule has 0 radical (unpaired) electrons. The number of carbonyl (C=O) groups is 1. The summed E-state index contributed by atoms with van der Waals surface area (Å²) < 4.78 is 77.6. The fourth-order valence-corrected chi connectivity index (χ4v) is 3.69. The van der Waals surface area contributed by atoms with E-state index >= 15 is 0 Å². The topological polar surface area (TPSA) is 139 Å². The van der Waals surface area contributed by atoms with Gasteiger partial charge in [-0.3, -0.25) is 4.79 Å². The van der Waals surface area contributed by atoms with Gasteiger partial charge in [-0.1, -0.05) is 12.2 Å². The Balaban J connectivity index is 1.52. The van der Waals surface area contributed by atoms with Gasteiger partial charge in [0.25, 0.3) is 5.56 Å². The van der Waals surface area contributed by atoms with Crippen LogP contribution >= 0.6 is 0 Å².